The molecule has 1 N–H and O–H groups in total. The summed E-state index contributed by atoms with van der Waals surface area (Å²) in [5, 5.41) is 10.6. The molecule has 12 heavy (non-hydrogen) atoms. The highest BCUT2D eigenvalue weighted by atomic mass is 16.5. The molecule has 2 rings (SSSR count). The number of hydrogen-bond donors (Lipinski definition) is 1. The first kappa shape index (κ1) is 7.76. The number of methoxy groups -OCH3 is 1. The summed E-state index contributed by atoms with van der Waals surface area (Å²) in [5.74, 6) is -0.221. The molecular formula is C8H11NO3. The van der Waals surface area contributed by atoms with Crippen molar-refractivity contribution in [3.63, 3.8) is 0 Å². The van der Waals surface area contributed by atoms with Crippen molar-refractivity contribution in [3.05, 3.63) is 12.2 Å². The van der Waals surface area contributed by atoms with Crippen LogP contribution in [-0.2, 0) is 9.53 Å². The van der Waals surface area contributed by atoms with Gasteiger partial charge in [-0.15, -0.1) is 0 Å². The van der Waals surface area contributed by atoms with Crippen LogP contribution in [0.15, 0.2) is 12.2 Å². The van der Waals surface area contributed by atoms with Crippen molar-refractivity contribution in [3.8, 4) is 0 Å². The molecule has 0 aromatic rings. The van der Waals surface area contributed by atoms with Gasteiger partial charge in [-0.3, -0.25) is 4.79 Å². The normalized spacial score (nSPS) is 39.0. The predicted molar refractivity (Wildman–Crippen MR) is 40.5 cm³/mol. The summed E-state index contributed by atoms with van der Waals surface area (Å²) in [6.45, 7) is 0. The molecule has 4 heteroatoms. The fourth-order valence-corrected chi connectivity index (χ4v) is 1.94. The van der Waals surface area contributed by atoms with Crippen LogP contribution in [0, 0.1) is 5.92 Å². The van der Waals surface area contributed by atoms with E-state index in [4.69, 9.17) is 0 Å². The Kier molecular flexibility index (Phi) is 1.66. The van der Waals surface area contributed by atoms with Gasteiger partial charge in [0.2, 0.25) is 0 Å². The van der Waals surface area contributed by atoms with Gasteiger partial charge in [-0.05, 0) is 6.42 Å². The molecule has 0 unspecified atom stereocenters. The summed E-state index contributed by atoms with van der Waals surface area (Å²) in [5.41, 5.74) is 0. The van der Waals surface area contributed by atoms with Crippen molar-refractivity contribution in [2.24, 2.45) is 5.92 Å². The molecule has 0 aromatic heterocycles. The van der Waals surface area contributed by atoms with Gasteiger partial charge < -0.3 is 9.94 Å². The second-order valence-corrected chi connectivity index (χ2v) is 3.20. The fourth-order valence-electron chi connectivity index (χ4n) is 1.94. The molecule has 4 nitrogen and oxygen atoms in total. The van der Waals surface area contributed by atoms with Crippen molar-refractivity contribution in [2.75, 3.05) is 7.11 Å². The Hall–Kier alpha value is -0.870. The van der Waals surface area contributed by atoms with Crippen LogP contribution >= 0.6 is 0 Å². The monoisotopic (exact) mass is 169 g/mol. The SMILES string of the molecule is COC(=O)[C@H]1[C@@H]2C=C[C@@H](C2)N1O. The van der Waals surface area contributed by atoms with Crippen LogP contribution in [0.25, 0.3) is 0 Å². The van der Waals surface area contributed by atoms with Crippen LogP contribution in [0.4, 0.5) is 0 Å². The Morgan fingerprint density at radius 2 is 2.42 bits per heavy atom. The molecule has 0 saturated carbocycles. The number of hydrogen-bond acceptors (Lipinski definition) is 4. The second kappa shape index (κ2) is 2.57. The third-order valence-corrected chi connectivity index (χ3v) is 2.57. The lowest BCUT2D eigenvalue weighted by molar-refractivity contribution is -0.172. The Morgan fingerprint density at radius 1 is 1.67 bits per heavy atom. The van der Waals surface area contributed by atoms with Crippen LogP contribution in [0.2, 0.25) is 0 Å². The molecule has 0 aromatic carbocycles. The summed E-state index contributed by atoms with van der Waals surface area (Å²) in [6, 6.07) is -0.468. The number of rotatable bonds is 1. The molecule has 0 amide bonds. The molecule has 66 valence electrons. The number of carbonyl (C=O) groups excluding carboxylic acids is 1. The Bertz CT molecular complexity index is 238. The first-order valence-electron chi connectivity index (χ1n) is 3.97. The van der Waals surface area contributed by atoms with Gasteiger partial charge in [-0.25, -0.2) is 0 Å². The van der Waals surface area contributed by atoms with E-state index in [1.165, 1.54) is 7.11 Å². The van der Waals surface area contributed by atoms with Gasteiger partial charge in [0.25, 0.3) is 0 Å². The molecule has 1 aliphatic heterocycles. The van der Waals surface area contributed by atoms with Gasteiger partial charge in [0.15, 0.2) is 0 Å². The van der Waals surface area contributed by atoms with E-state index in [9.17, 15) is 10.0 Å². The molecule has 1 saturated heterocycles. The van der Waals surface area contributed by atoms with Crippen molar-refractivity contribution >= 4 is 5.97 Å². The molecule has 1 fully saturated rings. The van der Waals surface area contributed by atoms with Crippen LogP contribution in [0.3, 0.4) is 0 Å². The van der Waals surface area contributed by atoms with Crippen molar-refractivity contribution in [1.82, 2.24) is 5.06 Å². The number of esters is 1. The molecule has 1 heterocycles. The van der Waals surface area contributed by atoms with E-state index in [0.717, 1.165) is 11.5 Å². The van der Waals surface area contributed by atoms with E-state index in [0.29, 0.717) is 0 Å². The summed E-state index contributed by atoms with van der Waals surface area (Å²) >= 11 is 0. The zero-order valence-corrected chi connectivity index (χ0v) is 6.80. The number of ether oxygens (including phenoxy) is 1. The maximum Gasteiger partial charge on any atom is 0.326 e. The van der Waals surface area contributed by atoms with Gasteiger partial charge in [-0.1, -0.05) is 12.2 Å². The zero-order chi connectivity index (χ0) is 8.72. The van der Waals surface area contributed by atoms with Gasteiger partial charge in [0.1, 0.15) is 6.04 Å². The maximum atomic E-state index is 11.2. The van der Waals surface area contributed by atoms with Crippen molar-refractivity contribution in [2.45, 2.75) is 18.5 Å². The zero-order valence-electron chi connectivity index (χ0n) is 6.80. The van der Waals surface area contributed by atoms with E-state index in [1.807, 2.05) is 12.2 Å². The van der Waals surface area contributed by atoms with Crippen molar-refractivity contribution < 1.29 is 14.7 Å². The summed E-state index contributed by atoms with van der Waals surface area (Å²) in [4.78, 5) is 11.2. The Labute approximate surface area is 70.4 Å². The highest BCUT2D eigenvalue weighted by Gasteiger charge is 2.46. The van der Waals surface area contributed by atoms with Crippen LogP contribution < -0.4 is 0 Å². The van der Waals surface area contributed by atoms with Gasteiger partial charge >= 0.3 is 5.97 Å². The molecule has 1 aliphatic carbocycles. The fraction of sp³-hybridized carbons (Fsp3) is 0.625. The van der Waals surface area contributed by atoms with E-state index < -0.39 is 6.04 Å². The third-order valence-electron chi connectivity index (χ3n) is 2.57. The number of nitrogens with zero attached hydrogens (tertiary/aromatic N) is 1. The van der Waals surface area contributed by atoms with Gasteiger partial charge in [0, 0.05) is 5.92 Å². The standard InChI is InChI=1S/C8H11NO3/c1-12-8(10)7-5-2-3-6(4-5)9(7)11/h2-3,5-7,11H,4H2,1H3/t5-,6+,7-/m1/s1. The van der Waals surface area contributed by atoms with E-state index in [2.05, 4.69) is 4.74 Å². The van der Waals surface area contributed by atoms with Crippen molar-refractivity contribution in [1.29, 1.82) is 0 Å². The molecule has 0 radical (unpaired) electrons. The minimum atomic E-state index is -0.481. The number of fused-ring (bicyclic) bond motifs is 2. The van der Waals surface area contributed by atoms with Gasteiger partial charge in [-0.2, -0.15) is 5.06 Å². The first-order chi connectivity index (χ1) is 5.74. The summed E-state index contributed by atoms with van der Waals surface area (Å²) in [7, 11) is 1.34. The van der Waals surface area contributed by atoms with Crippen LogP contribution in [0.1, 0.15) is 6.42 Å². The molecule has 2 aliphatic rings. The Balaban J connectivity index is 2.18. The first-order valence-corrected chi connectivity index (χ1v) is 3.97. The quantitative estimate of drug-likeness (QED) is 0.449. The highest BCUT2D eigenvalue weighted by Crippen LogP contribution is 2.36. The minimum absolute atomic E-state index is 0.0131. The lowest BCUT2D eigenvalue weighted by atomic mass is 10.0. The lowest BCUT2D eigenvalue weighted by Crippen LogP contribution is -2.42. The van der Waals surface area contributed by atoms with E-state index in [1.54, 1.807) is 0 Å². The van der Waals surface area contributed by atoms with Crippen LogP contribution in [-0.4, -0.2) is 35.4 Å². The van der Waals surface area contributed by atoms with Crippen LogP contribution in [0.5, 0.6) is 0 Å². The lowest BCUT2D eigenvalue weighted by Gasteiger charge is -2.23. The third kappa shape index (κ3) is 0.884. The van der Waals surface area contributed by atoms with E-state index in [-0.39, 0.29) is 17.9 Å². The molecule has 0 spiro atoms. The predicted octanol–water partition coefficient (Wildman–Crippen LogP) is 0.177. The van der Waals surface area contributed by atoms with Gasteiger partial charge in [0.05, 0.1) is 13.2 Å². The smallest absolute Gasteiger partial charge is 0.326 e. The summed E-state index contributed by atoms with van der Waals surface area (Å²) in [6.07, 6.45) is 4.72. The number of carbonyl (C=O) groups is 1. The molecule has 2 bridgehead atoms. The average Bonchev–Trinajstić information content (AvgIpc) is 2.63. The maximum absolute atomic E-state index is 11.2. The number of hydroxylamine groups is 2. The van der Waals surface area contributed by atoms with E-state index >= 15 is 0 Å². The highest BCUT2D eigenvalue weighted by molar-refractivity contribution is 5.77. The summed E-state index contributed by atoms with van der Waals surface area (Å²) < 4.78 is 4.58. The average molecular weight is 169 g/mol. The molecular weight excluding hydrogens is 158 g/mol. The second-order valence-electron chi connectivity index (χ2n) is 3.20. The Morgan fingerprint density at radius 3 is 2.92 bits per heavy atom. The largest absolute Gasteiger partial charge is 0.468 e. The topological polar surface area (TPSA) is 49.8 Å². The molecule has 3 atom stereocenters. The minimum Gasteiger partial charge on any atom is -0.468 e.